The van der Waals surface area contributed by atoms with Gasteiger partial charge in [0.05, 0.1) is 19.3 Å². The molecule has 1 fully saturated rings. The highest BCUT2D eigenvalue weighted by Gasteiger charge is 2.23. The first-order valence-corrected chi connectivity index (χ1v) is 5.89. The molecule has 0 aromatic rings. The van der Waals surface area contributed by atoms with Gasteiger partial charge in [-0.3, -0.25) is 4.79 Å². The number of nitrogens with two attached hydrogens (primary N) is 1. The molecule has 1 unspecified atom stereocenters. The summed E-state index contributed by atoms with van der Waals surface area (Å²) in [6, 6.07) is -0.0733. The smallest absolute Gasteiger partial charge is 0.224 e. The van der Waals surface area contributed by atoms with Gasteiger partial charge < -0.3 is 20.5 Å². The lowest BCUT2D eigenvalue weighted by molar-refractivity contribution is -0.134. The van der Waals surface area contributed by atoms with E-state index in [-0.39, 0.29) is 24.7 Å². The van der Waals surface area contributed by atoms with E-state index in [0.717, 1.165) is 25.9 Å². The van der Waals surface area contributed by atoms with Gasteiger partial charge in [-0.15, -0.1) is 0 Å². The van der Waals surface area contributed by atoms with Crippen LogP contribution in [-0.4, -0.2) is 54.4 Å². The lowest BCUT2D eigenvalue weighted by Gasteiger charge is -2.32. The van der Waals surface area contributed by atoms with Gasteiger partial charge in [-0.1, -0.05) is 0 Å². The van der Waals surface area contributed by atoms with Crippen molar-refractivity contribution < 1.29 is 14.6 Å². The van der Waals surface area contributed by atoms with Gasteiger partial charge >= 0.3 is 0 Å². The number of likely N-dealkylation sites (tertiary alicyclic amines) is 1. The van der Waals surface area contributed by atoms with Crippen molar-refractivity contribution in [2.24, 2.45) is 5.73 Å². The van der Waals surface area contributed by atoms with E-state index in [1.807, 2.05) is 11.8 Å². The Bertz CT molecular complexity index is 213. The monoisotopic (exact) mass is 230 g/mol. The molecule has 3 N–H and O–H groups in total. The molecule has 1 atom stereocenters. The lowest BCUT2D eigenvalue weighted by Crippen LogP contribution is -2.42. The fourth-order valence-electron chi connectivity index (χ4n) is 1.90. The minimum atomic E-state index is -0.0733. The molecule has 5 nitrogen and oxygen atoms in total. The van der Waals surface area contributed by atoms with Gasteiger partial charge in [0.1, 0.15) is 0 Å². The Hall–Kier alpha value is -0.650. The van der Waals surface area contributed by atoms with E-state index < -0.39 is 0 Å². The maximum atomic E-state index is 11.7. The van der Waals surface area contributed by atoms with Gasteiger partial charge in [-0.2, -0.15) is 0 Å². The third kappa shape index (κ3) is 4.47. The van der Waals surface area contributed by atoms with E-state index in [9.17, 15) is 4.79 Å². The van der Waals surface area contributed by atoms with Crippen molar-refractivity contribution in [3.63, 3.8) is 0 Å². The van der Waals surface area contributed by atoms with E-state index in [2.05, 4.69) is 0 Å². The number of amides is 1. The maximum Gasteiger partial charge on any atom is 0.224 e. The van der Waals surface area contributed by atoms with Crippen molar-refractivity contribution in [1.29, 1.82) is 0 Å². The van der Waals surface area contributed by atoms with Gasteiger partial charge in [0.2, 0.25) is 5.91 Å². The molecule has 0 aliphatic carbocycles. The molecule has 1 rings (SSSR count). The Balaban J connectivity index is 2.23. The summed E-state index contributed by atoms with van der Waals surface area (Å²) in [6.45, 7) is 3.76. The lowest BCUT2D eigenvalue weighted by atomic mass is 10.1. The number of hydrogen-bond acceptors (Lipinski definition) is 4. The second-order valence-corrected chi connectivity index (χ2v) is 4.36. The van der Waals surface area contributed by atoms with Crippen molar-refractivity contribution >= 4 is 5.91 Å². The molecule has 0 radical (unpaired) electrons. The van der Waals surface area contributed by atoms with E-state index in [4.69, 9.17) is 15.6 Å². The zero-order valence-corrected chi connectivity index (χ0v) is 9.89. The maximum absolute atomic E-state index is 11.7. The van der Waals surface area contributed by atoms with Crippen LogP contribution in [0.3, 0.4) is 0 Å². The molecule has 0 spiro atoms. The average molecular weight is 230 g/mol. The summed E-state index contributed by atoms with van der Waals surface area (Å²) in [5.41, 5.74) is 5.59. The number of ether oxygens (including phenoxy) is 1. The predicted molar refractivity (Wildman–Crippen MR) is 60.9 cm³/mol. The molecule has 1 amide bonds. The standard InChI is InChI=1S/C11H22N2O3/c1-9(12)8-11(15)13-4-2-10(3-5-13)16-7-6-14/h9-10,14H,2-8,12H2,1H3. The van der Waals surface area contributed by atoms with Gasteiger partial charge in [0.25, 0.3) is 0 Å². The van der Waals surface area contributed by atoms with Crippen molar-refractivity contribution in [2.75, 3.05) is 26.3 Å². The van der Waals surface area contributed by atoms with Gasteiger partial charge in [0, 0.05) is 25.6 Å². The fourth-order valence-corrected chi connectivity index (χ4v) is 1.90. The summed E-state index contributed by atoms with van der Waals surface area (Å²) in [5.74, 6) is 0.135. The molecule has 1 aliphatic rings. The molecular weight excluding hydrogens is 208 g/mol. The first kappa shape index (κ1) is 13.4. The molecule has 1 heterocycles. The van der Waals surface area contributed by atoms with Crippen molar-refractivity contribution in [1.82, 2.24) is 4.90 Å². The Morgan fingerprint density at radius 3 is 2.69 bits per heavy atom. The molecule has 0 aromatic carbocycles. The van der Waals surface area contributed by atoms with Gasteiger partial charge in [-0.25, -0.2) is 0 Å². The molecule has 0 aromatic heterocycles. The molecule has 1 saturated heterocycles. The number of rotatable bonds is 5. The van der Waals surface area contributed by atoms with E-state index in [0.29, 0.717) is 13.0 Å². The van der Waals surface area contributed by atoms with Crippen LogP contribution in [0.15, 0.2) is 0 Å². The quantitative estimate of drug-likeness (QED) is 0.681. The van der Waals surface area contributed by atoms with Crippen LogP contribution in [0.5, 0.6) is 0 Å². The van der Waals surface area contributed by atoms with Crippen LogP contribution in [-0.2, 0) is 9.53 Å². The number of carbonyl (C=O) groups is 1. The van der Waals surface area contributed by atoms with Crippen LogP contribution in [0.25, 0.3) is 0 Å². The fraction of sp³-hybridized carbons (Fsp3) is 0.909. The minimum absolute atomic E-state index is 0.0594. The third-order valence-corrected chi connectivity index (χ3v) is 2.74. The average Bonchev–Trinajstić information content (AvgIpc) is 2.26. The molecule has 0 bridgehead atoms. The summed E-state index contributed by atoms with van der Waals surface area (Å²) >= 11 is 0. The van der Waals surface area contributed by atoms with Crippen molar-refractivity contribution in [3.8, 4) is 0 Å². The predicted octanol–water partition coefficient (Wildman–Crippen LogP) is -0.276. The summed E-state index contributed by atoms with van der Waals surface area (Å²) in [7, 11) is 0. The molecule has 5 heteroatoms. The number of hydrogen-bond donors (Lipinski definition) is 2. The SMILES string of the molecule is CC(N)CC(=O)N1CCC(OCCO)CC1. The highest BCUT2D eigenvalue weighted by atomic mass is 16.5. The van der Waals surface area contributed by atoms with Crippen LogP contribution >= 0.6 is 0 Å². The van der Waals surface area contributed by atoms with E-state index >= 15 is 0 Å². The Labute approximate surface area is 96.6 Å². The summed E-state index contributed by atoms with van der Waals surface area (Å²) in [5, 5.41) is 8.63. The largest absolute Gasteiger partial charge is 0.394 e. The first-order valence-electron chi connectivity index (χ1n) is 5.89. The molecule has 0 saturated carbocycles. The normalized spacial score (nSPS) is 19.8. The number of carbonyl (C=O) groups excluding carboxylic acids is 1. The number of aliphatic hydroxyl groups excluding tert-OH is 1. The summed E-state index contributed by atoms with van der Waals surface area (Å²) in [6.07, 6.45) is 2.31. The van der Waals surface area contributed by atoms with Crippen LogP contribution < -0.4 is 5.73 Å². The zero-order chi connectivity index (χ0) is 12.0. The van der Waals surface area contributed by atoms with Gasteiger partial charge in [-0.05, 0) is 19.8 Å². The molecule has 16 heavy (non-hydrogen) atoms. The Morgan fingerprint density at radius 1 is 1.56 bits per heavy atom. The second kappa shape index (κ2) is 6.83. The Morgan fingerprint density at radius 2 is 2.19 bits per heavy atom. The summed E-state index contributed by atoms with van der Waals surface area (Å²) in [4.78, 5) is 13.5. The molecule has 94 valence electrons. The Kier molecular flexibility index (Phi) is 5.73. The van der Waals surface area contributed by atoms with Gasteiger partial charge in [0.15, 0.2) is 0 Å². The highest BCUT2D eigenvalue weighted by Crippen LogP contribution is 2.14. The van der Waals surface area contributed by atoms with Crippen molar-refractivity contribution in [2.45, 2.75) is 38.3 Å². The third-order valence-electron chi connectivity index (χ3n) is 2.74. The number of aliphatic hydroxyl groups is 1. The highest BCUT2D eigenvalue weighted by molar-refractivity contribution is 5.76. The zero-order valence-electron chi connectivity index (χ0n) is 9.89. The van der Waals surface area contributed by atoms with E-state index in [1.165, 1.54) is 0 Å². The number of nitrogens with zero attached hydrogens (tertiary/aromatic N) is 1. The van der Waals surface area contributed by atoms with Crippen LogP contribution in [0.2, 0.25) is 0 Å². The minimum Gasteiger partial charge on any atom is -0.394 e. The van der Waals surface area contributed by atoms with E-state index in [1.54, 1.807) is 0 Å². The van der Waals surface area contributed by atoms with Crippen molar-refractivity contribution in [3.05, 3.63) is 0 Å². The number of piperidine rings is 1. The summed E-state index contributed by atoms with van der Waals surface area (Å²) < 4.78 is 5.43. The molecular formula is C11H22N2O3. The van der Waals surface area contributed by atoms with Crippen LogP contribution in [0.4, 0.5) is 0 Å². The molecule has 1 aliphatic heterocycles. The first-order chi connectivity index (χ1) is 7.63. The topological polar surface area (TPSA) is 75.8 Å². The second-order valence-electron chi connectivity index (χ2n) is 4.36. The van der Waals surface area contributed by atoms with Crippen LogP contribution in [0, 0.1) is 0 Å². The van der Waals surface area contributed by atoms with Crippen LogP contribution in [0.1, 0.15) is 26.2 Å².